The molecule has 0 spiro atoms. The number of hydroxylamine groups is 2. The quantitative estimate of drug-likeness (QED) is 0.128. The standard InChI is InChI=1S/C32H38ClF3N4O3/c33-27-13-11-26(12-14-27)30(25-8-2-1-3-9-25)39-20-18-38(19-21-39)16-6-22-43-29-15-10-24(23-28(29)32(34,35)36)7-4-5-17-40(42)31(37)41/h1-3,8-15,23,30,42H,4-7,16-22H2,(H2,37,41)/t30-/m1/s1. The number of amides is 2. The summed E-state index contributed by atoms with van der Waals surface area (Å²) in [7, 11) is 0. The molecule has 1 aliphatic heterocycles. The maximum Gasteiger partial charge on any atom is 0.419 e. The molecule has 232 valence electrons. The fourth-order valence-corrected chi connectivity index (χ4v) is 5.52. The number of rotatable bonds is 13. The predicted molar refractivity (Wildman–Crippen MR) is 160 cm³/mol. The van der Waals surface area contributed by atoms with E-state index in [0.717, 1.165) is 38.8 Å². The molecule has 0 bridgehead atoms. The summed E-state index contributed by atoms with van der Waals surface area (Å²) in [5.74, 6) is -0.176. The van der Waals surface area contributed by atoms with E-state index in [0.29, 0.717) is 41.3 Å². The Morgan fingerprint density at radius 2 is 1.63 bits per heavy atom. The summed E-state index contributed by atoms with van der Waals surface area (Å²) in [5, 5.41) is 10.4. The molecule has 2 amide bonds. The van der Waals surface area contributed by atoms with Crippen LogP contribution in [0.5, 0.6) is 5.75 Å². The first-order valence-electron chi connectivity index (χ1n) is 14.5. The number of primary amides is 1. The fourth-order valence-electron chi connectivity index (χ4n) is 5.39. The average Bonchev–Trinajstić information content (AvgIpc) is 2.99. The van der Waals surface area contributed by atoms with Crippen molar-refractivity contribution >= 4 is 17.6 Å². The largest absolute Gasteiger partial charge is 0.493 e. The van der Waals surface area contributed by atoms with Gasteiger partial charge < -0.3 is 15.4 Å². The van der Waals surface area contributed by atoms with E-state index in [1.807, 2.05) is 30.3 Å². The summed E-state index contributed by atoms with van der Waals surface area (Å²) in [5.41, 5.74) is 7.07. The van der Waals surface area contributed by atoms with E-state index in [4.69, 9.17) is 22.1 Å². The lowest BCUT2D eigenvalue weighted by atomic mass is 9.96. The van der Waals surface area contributed by atoms with Crippen LogP contribution >= 0.6 is 11.6 Å². The summed E-state index contributed by atoms with van der Waals surface area (Å²) in [6, 6.07) is 21.6. The van der Waals surface area contributed by atoms with Crippen molar-refractivity contribution in [3.05, 3.63) is 100 Å². The van der Waals surface area contributed by atoms with Gasteiger partial charge >= 0.3 is 12.2 Å². The topological polar surface area (TPSA) is 82.3 Å². The number of ether oxygens (including phenoxy) is 1. The smallest absolute Gasteiger partial charge is 0.419 e. The van der Waals surface area contributed by atoms with E-state index in [2.05, 4.69) is 34.1 Å². The van der Waals surface area contributed by atoms with Crippen molar-refractivity contribution < 1.29 is 27.9 Å². The van der Waals surface area contributed by atoms with E-state index < -0.39 is 17.8 Å². The highest BCUT2D eigenvalue weighted by atomic mass is 35.5. The second-order valence-electron chi connectivity index (χ2n) is 10.7. The first kappa shape index (κ1) is 32.6. The molecule has 3 aromatic carbocycles. The lowest BCUT2D eigenvalue weighted by Crippen LogP contribution is -2.48. The van der Waals surface area contributed by atoms with Crippen LogP contribution in [-0.4, -0.2) is 72.0 Å². The van der Waals surface area contributed by atoms with Gasteiger partial charge in [0, 0.05) is 37.7 Å². The van der Waals surface area contributed by atoms with Gasteiger partial charge in [0.1, 0.15) is 5.75 Å². The molecule has 11 heteroatoms. The first-order chi connectivity index (χ1) is 20.6. The third kappa shape index (κ3) is 9.59. The number of halogens is 4. The highest BCUT2D eigenvalue weighted by Crippen LogP contribution is 2.37. The molecule has 7 nitrogen and oxygen atoms in total. The van der Waals surface area contributed by atoms with E-state index in [9.17, 15) is 23.2 Å². The van der Waals surface area contributed by atoms with Gasteiger partial charge in [0.2, 0.25) is 0 Å². The zero-order chi connectivity index (χ0) is 30.8. The molecule has 0 saturated carbocycles. The van der Waals surface area contributed by atoms with Gasteiger partial charge in [-0.1, -0.05) is 60.1 Å². The van der Waals surface area contributed by atoms with Gasteiger partial charge in [-0.25, -0.2) is 9.86 Å². The minimum absolute atomic E-state index is 0.0215. The van der Waals surface area contributed by atoms with Gasteiger partial charge in [-0.3, -0.25) is 10.1 Å². The van der Waals surface area contributed by atoms with Gasteiger partial charge in [-0.2, -0.15) is 13.2 Å². The molecule has 0 radical (unpaired) electrons. The molecule has 1 fully saturated rings. The third-order valence-electron chi connectivity index (χ3n) is 7.64. The predicted octanol–water partition coefficient (Wildman–Crippen LogP) is 6.63. The Balaban J connectivity index is 1.26. The first-order valence-corrected chi connectivity index (χ1v) is 14.8. The number of piperazine rings is 1. The van der Waals surface area contributed by atoms with Crippen LogP contribution < -0.4 is 10.5 Å². The molecule has 1 aliphatic rings. The van der Waals surface area contributed by atoms with Gasteiger partial charge in [0.15, 0.2) is 0 Å². The molecule has 43 heavy (non-hydrogen) atoms. The van der Waals surface area contributed by atoms with E-state index in [1.54, 1.807) is 6.07 Å². The number of carbonyl (C=O) groups is 1. The summed E-state index contributed by atoms with van der Waals surface area (Å²) in [6.07, 6.45) is -2.68. The third-order valence-corrected chi connectivity index (χ3v) is 7.89. The maximum absolute atomic E-state index is 13.8. The maximum atomic E-state index is 13.8. The number of benzene rings is 3. The van der Waals surface area contributed by atoms with Crippen LogP contribution in [0.2, 0.25) is 5.02 Å². The SMILES string of the molecule is NC(=O)N(O)CCCCc1ccc(OCCCN2CCN([C@H](c3ccccc3)c3ccc(Cl)cc3)CC2)c(C(F)(F)F)c1. The van der Waals surface area contributed by atoms with Crippen LogP contribution in [0, 0.1) is 0 Å². The van der Waals surface area contributed by atoms with Gasteiger partial charge in [0.05, 0.1) is 24.8 Å². The Bertz CT molecular complexity index is 1300. The number of aryl methyl sites for hydroxylation is 1. The van der Waals surface area contributed by atoms with Crippen molar-refractivity contribution in [3.8, 4) is 5.75 Å². The van der Waals surface area contributed by atoms with E-state index >= 15 is 0 Å². The zero-order valence-electron chi connectivity index (χ0n) is 24.0. The number of carbonyl (C=O) groups excluding carboxylic acids is 1. The van der Waals surface area contributed by atoms with E-state index in [1.165, 1.54) is 17.2 Å². The Morgan fingerprint density at radius 1 is 0.953 bits per heavy atom. The van der Waals surface area contributed by atoms with Crippen LogP contribution in [0.3, 0.4) is 0 Å². The second-order valence-corrected chi connectivity index (χ2v) is 11.1. The van der Waals surface area contributed by atoms with Crippen molar-refractivity contribution in [2.45, 2.75) is 37.9 Å². The summed E-state index contributed by atoms with van der Waals surface area (Å²) < 4.78 is 47.0. The van der Waals surface area contributed by atoms with Gasteiger partial charge in [0.25, 0.3) is 0 Å². The Hall–Kier alpha value is -3.31. The minimum atomic E-state index is -4.55. The molecule has 1 saturated heterocycles. The van der Waals surface area contributed by atoms with Crippen molar-refractivity contribution in [2.24, 2.45) is 5.73 Å². The van der Waals surface area contributed by atoms with Gasteiger partial charge in [-0.05, 0) is 66.6 Å². The number of unbranched alkanes of at least 4 members (excludes halogenated alkanes) is 1. The number of nitrogens with two attached hydrogens (primary N) is 1. The highest BCUT2D eigenvalue weighted by Gasteiger charge is 2.34. The fraction of sp³-hybridized carbons (Fsp3) is 0.406. The lowest BCUT2D eigenvalue weighted by Gasteiger charge is -2.39. The number of nitrogens with zero attached hydrogens (tertiary/aromatic N) is 3. The molecular weight excluding hydrogens is 581 g/mol. The molecule has 4 rings (SSSR count). The van der Waals surface area contributed by atoms with E-state index in [-0.39, 0.29) is 24.9 Å². The average molecular weight is 619 g/mol. The monoisotopic (exact) mass is 618 g/mol. The van der Waals surface area contributed by atoms with Crippen molar-refractivity contribution in [3.63, 3.8) is 0 Å². The molecule has 1 heterocycles. The number of alkyl halides is 3. The molecule has 3 N–H and O–H groups in total. The normalized spacial score (nSPS) is 15.3. The van der Waals surface area contributed by atoms with Crippen molar-refractivity contribution in [2.75, 3.05) is 45.9 Å². The number of urea groups is 1. The Labute approximate surface area is 255 Å². The van der Waals surface area contributed by atoms with Crippen LogP contribution in [0.4, 0.5) is 18.0 Å². The molecule has 0 aliphatic carbocycles. The zero-order valence-corrected chi connectivity index (χ0v) is 24.7. The molecular formula is C32H38ClF3N4O3. The van der Waals surface area contributed by atoms with Crippen molar-refractivity contribution in [1.82, 2.24) is 14.9 Å². The molecule has 0 aromatic heterocycles. The summed E-state index contributed by atoms with van der Waals surface area (Å²) >= 11 is 6.14. The van der Waals surface area contributed by atoms with Crippen LogP contribution in [0.1, 0.15) is 47.6 Å². The van der Waals surface area contributed by atoms with Crippen LogP contribution in [-0.2, 0) is 12.6 Å². The summed E-state index contributed by atoms with van der Waals surface area (Å²) in [6.45, 7) is 4.37. The molecule has 3 aromatic rings. The lowest BCUT2D eigenvalue weighted by molar-refractivity contribution is -0.139. The number of hydrogen-bond acceptors (Lipinski definition) is 5. The van der Waals surface area contributed by atoms with Crippen LogP contribution in [0.15, 0.2) is 72.8 Å². The summed E-state index contributed by atoms with van der Waals surface area (Å²) in [4.78, 5) is 15.6. The number of hydrogen-bond donors (Lipinski definition) is 2. The van der Waals surface area contributed by atoms with Gasteiger partial charge in [-0.15, -0.1) is 0 Å². The molecule has 1 atom stereocenters. The minimum Gasteiger partial charge on any atom is -0.493 e. The molecule has 0 unspecified atom stereocenters. The van der Waals surface area contributed by atoms with Crippen molar-refractivity contribution in [1.29, 1.82) is 0 Å². The Morgan fingerprint density at radius 3 is 2.28 bits per heavy atom. The highest BCUT2D eigenvalue weighted by molar-refractivity contribution is 6.30. The van der Waals surface area contributed by atoms with Crippen LogP contribution in [0.25, 0.3) is 0 Å². The second kappa shape index (κ2) is 15.4. The Kier molecular flexibility index (Phi) is 11.7.